The van der Waals surface area contributed by atoms with Crippen LogP contribution in [0.4, 0.5) is 10.1 Å². The molecule has 2 rings (SSSR count). The van der Waals surface area contributed by atoms with Crippen LogP contribution in [0.5, 0.6) is 0 Å². The van der Waals surface area contributed by atoms with Crippen LogP contribution in [0, 0.1) is 17.1 Å². The van der Waals surface area contributed by atoms with Crippen molar-refractivity contribution in [2.45, 2.75) is 13.5 Å². The number of rotatable bonds is 4. The Morgan fingerprint density at radius 2 is 2.10 bits per heavy atom. The smallest absolute Gasteiger partial charge is 0.159 e. The fourth-order valence-corrected chi connectivity index (χ4v) is 2.35. The molecule has 0 spiro atoms. The summed E-state index contributed by atoms with van der Waals surface area (Å²) in [4.78, 5) is 11.4. The maximum Gasteiger partial charge on any atom is 0.159 e. The highest BCUT2D eigenvalue weighted by atomic mass is 79.9. The summed E-state index contributed by atoms with van der Waals surface area (Å²) in [6.07, 6.45) is 0. The van der Waals surface area contributed by atoms with Crippen molar-refractivity contribution in [3.05, 3.63) is 63.4 Å². The van der Waals surface area contributed by atoms with Crippen LogP contribution in [-0.4, -0.2) is 5.78 Å². The van der Waals surface area contributed by atoms with Gasteiger partial charge in [0.15, 0.2) is 5.78 Å². The van der Waals surface area contributed by atoms with Gasteiger partial charge in [0.2, 0.25) is 0 Å². The van der Waals surface area contributed by atoms with Crippen LogP contribution in [0.1, 0.15) is 28.4 Å². The van der Waals surface area contributed by atoms with Gasteiger partial charge in [0.1, 0.15) is 11.9 Å². The van der Waals surface area contributed by atoms with Crippen LogP contribution < -0.4 is 5.32 Å². The fraction of sp³-hybridized carbons (Fsp3) is 0.125. The number of benzene rings is 2. The third-order valence-electron chi connectivity index (χ3n) is 3.03. The van der Waals surface area contributed by atoms with Crippen LogP contribution in [0.2, 0.25) is 0 Å². The molecule has 0 atom stereocenters. The van der Waals surface area contributed by atoms with Gasteiger partial charge in [0, 0.05) is 16.6 Å². The average molecular weight is 347 g/mol. The molecular formula is C16H12BrFN2O. The maximum atomic E-state index is 13.0. The summed E-state index contributed by atoms with van der Waals surface area (Å²) < 4.78 is 13.7. The van der Waals surface area contributed by atoms with Gasteiger partial charge < -0.3 is 5.32 Å². The molecule has 0 amide bonds. The minimum absolute atomic E-state index is 0.0643. The highest BCUT2D eigenvalue weighted by Crippen LogP contribution is 2.22. The van der Waals surface area contributed by atoms with Crippen LogP contribution >= 0.6 is 15.9 Å². The van der Waals surface area contributed by atoms with Gasteiger partial charge in [-0.15, -0.1) is 0 Å². The van der Waals surface area contributed by atoms with Gasteiger partial charge in [-0.2, -0.15) is 5.26 Å². The van der Waals surface area contributed by atoms with Crippen LogP contribution in [0.3, 0.4) is 0 Å². The van der Waals surface area contributed by atoms with Crippen LogP contribution in [0.25, 0.3) is 0 Å². The molecule has 21 heavy (non-hydrogen) atoms. The van der Waals surface area contributed by atoms with Crippen molar-refractivity contribution in [1.82, 2.24) is 0 Å². The minimum atomic E-state index is -0.318. The fourth-order valence-electron chi connectivity index (χ4n) is 1.86. The Hall–Kier alpha value is -2.19. The first-order valence-electron chi connectivity index (χ1n) is 6.24. The summed E-state index contributed by atoms with van der Waals surface area (Å²) in [6.45, 7) is 1.89. The first-order valence-corrected chi connectivity index (χ1v) is 7.03. The monoisotopic (exact) mass is 346 g/mol. The largest absolute Gasteiger partial charge is 0.380 e. The second kappa shape index (κ2) is 6.51. The molecule has 2 aromatic carbocycles. The Morgan fingerprint density at radius 1 is 1.33 bits per heavy atom. The molecule has 0 aliphatic carbocycles. The van der Waals surface area contributed by atoms with E-state index < -0.39 is 0 Å². The summed E-state index contributed by atoms with van der Waals surface area (Å²) in [5.41, 5.74) is 2.43. The summed E-state index contributed by atoms with van der Waals surface area (Å²) in [6, 6.07) is 11.4. The lowest BCUT2D eigenvalue weighted by molar-refractivity contribution is 0.101. The van der Waals surface area contributed by atoms with Crippen molar-refractivity contribution in [3.8, 4) is 6.07 Å². The first kappa shape index (κ1) is 15.2. The Labute approximate surface area is 130 Å². The molecule has 1 N–H and O–H groups in total. The lowest BCUT2D eigenvalue weighted by atomic mass is 10.1. The third-order valence-corrected chi connectivity index (χ3v) is 3.77. The molecule has 0 heterocycles. The van der Waals surface area contributed by atoms with E-state index in [4.69, 9.17) is 5.26 Å². The number of nitriles is 1. The maximum absolute atomic E-state index is 13.0. The van der Waals surface area contributed by atoms with Crippen molar-refractivity contribution in [2.75, 3.05) is 5.32 Å². The lowest BCUT2D eigenvalue weighted by Crippen LogP contribution is -2.04. The average Bonchev–Trinajstić information content (AvgIpc) is 2.46. The van der Waals surface area contributed by atoms with Gasteiger partial charge in [0.05, 0.1) is 11.3 Å². The SMILES string of the molecule is CC(=O)c1ccc(C#N)c(NCc2ccc(F)cc2Br)c1. The molecule has 0 aliphatic heterocycles. The topological polar surface area (TPSA) is 52.9 Å². The summed E-state index contributed by atoms with van der Waals surface area (Å²) in [5, 5.41) is 12.2. The molecule has 0 fully saturated rings. The third kappa shape index (κ3) is 3.67. The summed E-state index contributed by atoms with van der Waals surface area (Å²) in [7, 11) is 0. The van der Waals surface area contributed by atoms with Crippen LogP contribution in [-0.2, 0) is 6.54 Å². The van der Waals surface area contributed by atoms with Crippen molar-refractivity contribution in [2.24, 2.45) is 0 Å². The van der Waals surface area contributed by atoms with Gasteiger partial charge in [-0.25, -0.2) is 4.39 Å². The van der Waals surface area contributed by atoms with Gasteiger partial charge in [-0.05, 0) is 42.8 Å². The highest BCUT2D eigenvalue weighted by Gasteiger charge is 2.07. The van der Waals surface area contributed by atoms with Gasteiger partial charge in [0.25, 0.3) is 0 Å². The predicted octanol–water partition coefficient (Wildman–Crippen LogP) is 4.27. The number of hydrogen-bond acceptors (Lipinski definition) is 3. The second-order valence-corrected chi connectivity index (χ2v) is 5.37. The number of ketones is 1. The zero-order valence-corrected chi connectivity index (χ0v) is 12.9. The van der Waals surface area contributed by atoms with E-state index >= 15 is 0 Å². The molecule has 3 nitrogen and oxygen atoms in total. The summed E-state index contributed by atoms with van der Waals surface area (Å²) >= 11 is 3.29. The number of halogens is 2. The molecule has 0 radical (unpaired) electrons. The van der Waals surface area contributed by atoms with E-state index in [2.05, 4.69) is 27.3 Å². The highest BCUT2D eigenvalue weighted by molar-refractivity contribution is 9.10. The van der Waals surface area contributed by atoms with E-state index in [9.17, 15) is 9.18 Å². The van der Waals surface area contributed by atoms with E-state index in [1.54, 1.807) is 24.3 Å². The molecule has 106 valence electrons. The number of nitrogens with one attached hydrogen (secondary N) is 1. The molecule has 0 saturated carbocycles. The Balaban J connectivity index is 2.24. The molecule has 0 aliphatic rings. The van der Waals surface area contributed by atoms with Gasteiger partial charge >= 0.3 is 0 Å². The number of Topliss-reactive ketones (excluding diaryl/α,β-unsaturated/α-hetero) is 1. The minimum Gasteiger partial charge on any atom is -0.380 e. The molecule has 0 saturated heterocycles. The Kier molecular flexibility index (Phi) is 4.71. The standard InChI is InChI=1S/C16H12BrFN2O/c1-10(21)11-2-3-12(8-19)16(6-11)20-9-13-4-5-14(18)7-15(13)17/h2-7,20H,9H2,1H3. The zero-order chi connectivity index (χ0) is 15.4. The van der Waals surface area contributed by atoms with E-state index in [-0.39, 0.29) is 11.6 Å². The Bertz CT molecular complexity index is 738. The number of nitrogens with zero attached hydrogens (tertiary/aromatic N) is 1. The quantitative estimate of drug-likeness (QED) is 0.840. The van der Waals surface area contributed by atoms with Gasteiger partial charge in [-0.1, -0.05) is 22.0 Å². The summed E-state index contributed by atoms with van der Waals surface area (Å²) in [5.74, 6) is -0.382. The van der Waals surface area contributed by atoms with E-state index in [0.29, 0.717) is 27.8 Å². The molecule has 0 bridgehead atoms. The normalized spacial score (nSPS) is 10.0. The molecule has 0 unspecified atom stereocenters. The van der Waals surface area contributed by atoms with Crippen LogP contribution in [0.15, 0.2) is 40.9 Å². The van der Waals surface area contributed by atoms with Crippen molar-refractivity contribution in [3.63, 3.8) is 0 Å². The number of carbonyl (C=O) groups is 1. The van der Waals surface area contributed by atoms with E-state index in [1.807, 2.05) is 0 Å². The zero-order valence-electron chi connectivity index (χ0n) is 11.3. The molecule has 2 aromatic rings. The number of anilines is 1. The molecule has 0 aromatic heterocycles. The van der Waals surface area contributed by atoms with E-state index in [0.717, 1.165) is 5.56 Å². The molecular weight excluding hydrogens is 335 g/mol. The predicted molar refractivity (Wildman–Crippen MR) is 82.6 cm³/mol. The van der Waals surface area contributed by atoms with Crippen molar-refractivity contribution >= 4 is 27.4 Å². The first-order chi connectivity index (χ1) is 10.0. The number of carbonyl (C=O) groups excluding carboxylic acids is 1. The number of hydrogen-bond donors (Lipinski definition) is 1. The Morgan fingerprint density at radius 3 is 2.71 bits per heavy atom. The second-order valence-electron chi connectivity index (χ2n) is 4.52. The van der Waals surface area contributed by atoms with Gasteiger partial charge in [-0.3, -0.25) is 4.79 Å². The molecule has 5 heteroatoms. The van der Waals surface area contributed by atoms with Crippen molar-refractivity contribution in [1.29, 1.82) is 5.26 Å². The lowest BCUT2D eigenvalue weighted by Gasteiger charge is -2.11. The van der Waals surface area contributed by atoms with Crippen molar-refractivity contribution < 1.29 is 9.18 Å². The van der Waals surface area contributed by atoms with E-state index in [1.165, 1.54) is 19.1 Å².